The number of carbonyl (C=O) groups excluding carboxylic acids is 1. The highest BCUT2D eigenvalue weighted by atomic mass is 79.9. The van der Waals surface area contributed by atoms with E-state index >= 15 is 0 Å². The van der Waals surface area contributed by atoms with Gasteiger partial charge in [-0.05, 0) is 34.1 Å². The zero-order valence-corrected chi connectivity index (χ0v) is 11.1. The van der Waals surface area contributed by atoms with Gasteiger partial charge in [-0.15, -0.1) is 0 Å². The second-order valence-corrected chi connectivity index (χ2v) is 5.26. The summed E-state index contributed by atoms with van der Waals surface area (Å²) in [6, 6.07) is 4.88. The Morgan fingerprint density at radius 1 is 1.35 bits per heavy atom. The van der Waals surface area contributed by atoms with Gasteiger partial charge in [0, 0.05) is 22.6 Å². The predicted octanol–water partition coefficient (Wildman–Crippen LogP) is 1.28. The fourth-order valence-electron chi connectivity index (χ4n) is 1.77. The molecule has 0 spiro atoms. The molecule has 2 rings (SSSR count). The lowest BCUT2D eigenvalue weighted by atomic mass is 10.2. The lowest BCUT2D eigenvalue weighted by Gasteiger charge is -2.16. The van der Waals surface area contributed by atoms with E-state index in [-0.39, 0.29) is 19.0 Å². The Hall–Kier alpha value is -0.620. The lowest BCUT2D eigenvalue weighted by molar-refractivity contribution is 0.0572. The number of aliphatic hydroxyl groups is 2. The molecular formula is C11H11BrClNO3. The third-order valence-electron chi connectivity index (χ3n) is 2.71. The summed E-state index contributed by atoms with van der Waals surface area (Å²) < 4.78 is 0.603. The van der Waals surface area contributed by atoms with Gasteiger partial charge in [-0.1, -0.05) is 11.6 Å². The van der Waals surface area contributed by atoms with Gasteiger partial charge in [-0.25, -0.2) is 0 Å². The van der Waals surface area contributed by atoms with Gasteiger partial charge in [0.2, 0.25) is 0 Å². The average Bonchev–Trinajstić information content (AvgIpc) is 2.58. The number of carbonyl (C=O) groups is 1. The Bertz CT molecular complexity index is 444. The van der Waals surface area contributed by atoms with Gasteiger partial charge in [-0.3, -0.25) is 4.79 Å². The van der Waals surface area contributed by atoms with Crippen molar-refractivity contribution in [2.45, 2.75) is 12.2 Å². The molecule has 2 atom stereocenters. The number of rotatable bonds is 1. The minimum absolute atomic E-state index is 0.148. The quantitative estimate of drug-likeness (QED) is 0.819. The molecule has 1 aliphatic rings. The molecule has 1 heterocycles. The van der Waals surface area contributed by atoms with Crippen LogP contribution in [0, 0.1) is 0 Å². The molecule has 4 nitrogen and oxygen atoms in total. The van der Waals surface area contributed by atoms with Crippen LogP contribution in [-0.4, -0.2) is 46.3 Å². The highest BCUT2D eigenvalue weighted by Crippen LogP contribution is 2.24. The van der Waals surface area contributed by atoms with Crippen LogP contribution in [0.15, 0.2) is 22.7 Å². The summed E-state index contributed by atoms with van der Waals surface area (Å²) in [5, 5.41) is 19.3. The molecule has 1 fully saturated rings. The van der Waals surface area contributed by atoms with Crippen LogP contribution in [0.3, 0.4) is 0 Å². The summed E-state index contributed by atoms with van der Waals surface area (Å²) in [6.07, 6.45) is -1.74. The molecule has 1 amide bonds. The van der Waals surface area contributed by atoms with Crippen molar-refractivity contribution in [2.75, 3.05) is 13.1 Å². The summed E-state index contributed by atoms with van der Waals surface area (Å²) in [5.74, 6) is -0.232. The number of benzene rings is 1. The average molecular weight is 321 g/mol. The van der Waals surface area contributed by atoms with Gasteiger partial charge in [0.1, 0.15) is 0 Å². The third kappa shape index (κ3) is 2.63. The van der Waals surface area contributed by atoms with Gasteiger partial charge in [0.05, 0.1) is 17.8 Å². The summed E-state index contributed by atoms with van der Waals surface area (Å²) in [5.41, 5.74) is 0.468. The van der Waals surface area contributed by atoms with Crippen molar-refractivity contribution in [3.63, 3.8) is 0 Å². The van der Waals surface area contributed by atoms with Gasteiger partial charge in [0.25, 0.3) is 5.91 Å². The van der Waals surface area contributed by atoms with Crippen molar-refractivity contribution in [2.24, 2.45) is 0 Å². The van der Waals surface area contributed by atoms with Crippen LogP contribution in [0.4, 0.5) is 0 Å². The molecule has 92 valence electrons. The topological polar surface area (TPSA) is 60.8 Å². The van der Waals surface area contributed by atoms with Crippen LogP contribution in [0.25, 0.3) is 0 Å². The zero-order chi connectivity index (χ0) is 12.6. The second kappa shape index (κ2) is 4.94. The Morgan fingerprint density at radius 3 is 2.47 bits per heavy atom. The molecule has 1 saturated heterocycles. The molecule has 0 radical (unpaired) electrons. The fourth-order valence-corrected chi connectivity index (χ4v) is 2.62. The number of nitrogens with zero attached hydrogens (tertiary/aromatic N) is 1. The van der Waals surface area contributed by atoms with Crippen LogP contribution in [0.1, 0.15) is 10.4 Å². The van der Waals surface area contributed by atoms with E-state index in [1.54, 1.807) is 18.2 Å². The van der Waals surface area contributed by atoms with Crippen molar-refractivity contribution >= 4 is 33.4 Å². The van der Waals surface area contributed by atoms with E-state index in [1.807, 2.05) is 0 Å². The Balaban J connectivity index is 2.20. The van der Waals surface area contributed by atoms with Crippen molar-refractivity contribution in [3.8, 4) is 0 Å². The van der Waals surface area contributed by atoms with Crippen molar-refractivity contribution in [3.05, 3.63) is 33.3 Å². The summed E-state index contributed by atoms with van der Waals surface area (Å²) >= 11 is 9.06. The molecule has 2 N–H and O–H groups in total. The van der Waals surface area contributed by atoms with Gasteiger partial charge in [-0.2, -0.15) is 0 Å². The molecule has 0 aromatic heterocycles. The highest BCUT2D eigenvalue weighted by Gasteiger charge is 2.33. The monoisotopic (exact) mass is 319 g/mol. The van der Waals surface area contributed by atoms with E-state index in [1.165, 1.54) is 4.90 Å². The van der Waals surface area contributed by atoms with Crippen molar-refractivity contribution < 1.29 is 15.0 Å². The summed E-state index contributed by atoms with van der Waals surface area (Å²) in [7, 11) is 0. The number of halogens is 2. The van der Waals surface area contributed by atoms with E-state index < -0.39 is 12.2 Å². The third-order valence-corrected chi connectivity index (χ3v) is 3.60. The first-order valence-electron chi connectivity index (χ1n) is 5.09. The molecule has 6 heteroatoms. The first-order chi connectivity index (χ1) is 7.99. The maximum absolute atomic E-state index is 12.1. The van der Waals surface area contributed by atoms with E-state index in [0.29, 0.717) is 15.1 Å². The number of likely N-dealkylation sites (tertiary alicyclic amines) is 1. The molecule has 0 saturated carbocycles. The van der Waals surface area contributed by atoms with E-state index in [4.69, 9.17) is 11.6 Å². The van der Waals surface area contributed by atoms with Crippen LogP contribution in [0.5, 0.6) is 0 Å². The van der Waals surface area contributed by atoms with Crippen LogP contribution >= 0.6 is 27.5 Å². The molecule has 1 aromatic rings. The van der Waals surface area contributed by atoms with Gasteiger partial charge >= 0.3 is 0 Å². The molecule has 17 heavy (non-hydrogen) atoms. The minimum atomic E-state index is -0.870. The smallest absolute Gasteiger partial charge is 0.255 e. The van der Waals surface area contributed by atoms with Gasteiger partial charge in [0.15, 0.2) is 0 Å². The van der Waals surface area contributed by atoms with Crippen molar-refractivity contribution in [1.29, 1.82) is 0 Å². The van der Waals surface area contributed by atoms with E-state index in [9.17, 15) is 15.0 Å². The first-order valence-corrected chi connectivity index (χ1v) is 6.26. The molecule has 2 unspecified atom stereocenters. The highest BCUT2D eigenvalue weighted by molar-refractivity contribution is 9.10. The normalized spacial score (nSPS) is 24.1. The first kappa shape index (κ1) is 12.8. The zero-order valence-electron chi connectivity index (χ0n) is 8.81. The standard InChI is InChI=1S/C11H11BrClNO3/c12-8-3-6(13)1-2-7(8)11(17)14-4-9(15)10(16)5-14/h1-3,9-10,15-16H,4-5H2. The molecule has 1 aliphatic heterocycles. The lowest BCUT2D eigenvalue weighted by Crippen LogP contribution is -2.30. The molecule has 1 aromatic carbocycles. The van der Waals surface area contributed by atoms with E-state index in [0.717, 1.165) is 0 Å². The largest absolute Gasteiger partial charge is 0.388 e. The Kier molecular flexibility index (Phi) is 3.73. The Labute approximate surface area is 112 Å². The SMILES string of the molecule is O=C(c1ccc(Cl)cc1Br)N1CC(O)C(O)C1. The second-order valence-electron chi connectivity index (χ2n) is 3.97. The van der Waals surface area contributed by atoms with E-state index in [2.05, 4.69) is 15.9 Å². The number of hydrogen-bond donors (Lipinski definition) is 2. The van der Waals surface area contributed by atoms with Crippen LogP contribution in [0.2, 0.25) is 5.02 Å². The fraction of sp³-hybridized carbons (Fsp3) is 0.364. The predicted molar refractivity (Wildman–Crippen MR) is 67.1 cm³/mol. The molecule has 0 aliphatic carbocycles. The molecule has 0 bridgehead atoms. The number of hydrogen-bond acceptors (Lipinski definition) is 3. The number of aliphatic hydroxyl groups excluding tert-OH is 2. The minimum Gasteiger partial charge on any atom is -0.388 e. The maximum Gasteiger partial charge on any atom is 0.255 e. The van der Waals surface area contributed by atoms with Crippen molar-refractivity contribution in [1.82, 2.24) is 4.90 Å². The number of β-amino-alcohol motifs (C(OH)–C–C–N with tert-alkyl or cyclic N) is 2. The van der Waals surface area contributed by atoms with Gasteiger partial charge < -0.3 is 15.1 Å². The Morgan fingerprint density at radius 2 is 1.94 bits per heavy atom. The number of amides is 1. The van der Waals surface area contributed by atoms with Crippen LogP contribution < -0.4 is 0 Å². The molecular weight excluding hydrogens is 309 g/mol. The summed E-state index contributed by atoms with van der Waals surface area (Å²) in [6.45, 7) is 0.296. The van der Waals surface area contributed by atoms with Crippen LogP contribution in [-0.2, 0) is 0 Å². The maximum atomic E-state index is 12.1. The summed E-state index contributed by atoms with van der Waals surface area (Å²) in [4.78, 5) is 13.5.